The maximum Gasteiger partial charge on any atom is 0.306 e. The van der Waals surface area contributed by atoms with Gasteiger partial charge in [0.15, 0.2) is 15.5 Å². The van der Waals surface area contributed by atoms with Crippen LogP contribution in [0, 0.1) is 0 Å². The maximum atomic E-state index is 11.9. The summed E-state index contributed by atoms with van der Waals surface area (Å²) >= 11 is 4.05. The molecular weight excluding hydrogens is 522 g/mol. The Balaban J connectivity index is 2.63. The molecule has 0 radical (unpaired) electrons. The zero-order valence-corrected chi connectivity index (χ0v) is 24.1. The molecule has 0 amide bonds. The van der Waals surface area contributed by atoms with Crippen molar-refractivity contribution in [3.8, 4) is 0 Å². The van der Waals surface area contributed by atoms with E-state index >= 15 is 0 Å². The van der Waals surface area contributed by atoms with Crippen LogP contribution < -0.4 is 0 Å². The lowest BCUT2D eigenvalue weighted by atomic mass is 10.4. The van der Waals surface area contributed by atoms with Crippen molar-refractivity contribution >= 4 is 53.2 Å². The highest BCUT2D eigenvalue weighted by molar-refractivity contribution is 8.00. The number of carbonyl (C=O) groups is 3. The number of hydrogen-bond acceptors (Lipinski definition) is 12. The average molecular weight is 562 g/mol. The van der Waals surface area contributed by atoms with Gasteiger partial charge in [0, 0.05) is 17.3 Å². The molecule has 1 rings (SSSR count). The van der Waals surface area contributed by atoms with Crippen molar-refractivity contribution < 1.29 is 28.6 Å². The van der Waals surface area contributed by atoms with E-state index in [2.05, 4.69) is 15.0 Å². The molecule has 36 heavy (non-hydrogen) atoms. The monoisotopic (exact) mass is 561 g/mol. The molecule has 0 atom stereocenters. The SMILES string of the molecule is CCCCOC(=O)CCSc1nc(SCCC(=O)OCCCC)nc(SCCC(=O)OCCCC)n1. The number of ether oxygens (including phenoxy) is 3. The van der Waals surface area contributed by atoms with E-state index in [1.54, 1.807) is 0 Å². The van der Waals surface area contributed by atoms with Crippen LogP contribution in [0.15, 0.2) is 15.5 Å². The normalized spacial score (nSPS) is 10.8. The maximum absolute atomic E-state index is 11.9. The third-order valence-corrected chi connectivity index (χ3v) is 7.02. The van der Waals surface area contributed by atoms with Crippen LogP contribution in [0.1, 0.15) is 78.6 Å². The van der Waals surface area contributed by atoms with E-state index in [1.165, 1.54) is 35.3 Å². The largest absolute Gasteiger partial charge is 0.466 e. The van der Waals surface area contributed by atoms with Crippen LogP contribution in [0.25, 0.3) is 0 Å². The Hall–Kier alpha value is -1.53. The molecule has 0 aliphatic rings. The van der Waals surface area contributed by atoms with Gasteiger partial charge in [0.2, 0.25) is 0 Å². The molecule has 1 aromatic rings. The fourth-order valence-corrected chi connectivity index (χ4v) is 4.83. The highest BCUT2D eigenvalue weighted by atomic mass is 32.2. The molecule has 0 N–H and O–H groups in total. The van der Waals surface area contributed by atoms with Gasteiger partial charge in [-0.25, -0.2) is 0 Å². The zero-order valence-electron chi connectivity index (χ0n) is 21.6. The molecule has 12 heteroatoms. The summed E-state index contributed by atoms with van der Waals surface area (Å²) in [5, 5.41) is 1.48. The van der Waals surface area contributed by atoms with Crippen molar-refractivity contribution in [1.82, 2.24) is 15.0 Å². The second-order valence-electron chi connectivity index (χ2n) is 7.70. The minimum Gasteiger partial charge on any atom is -0.466 e. The lowest BCUT2D eigenvalue weighted by Crippen LogP contribution is -2.08. The summed E-state index contributed by atoms with van der Waals surface area (Å²) in [4.78, 5) is 49.0. The second-order valence-corrected chi connectivity index (χ2v) is 10.9. The Morgan fingerprint density at radius 2 is 0.833 bits per heavy atom. The van der Waals surface area contributed by atoms with Crippen molar-refractivity contribution in [3.05, 3.63) is 0 Å². The Morgan fingerprint density at radius 3 is 1.08 bits per heavy atom. The van der Waals surface area contributed by atoms with Crippen LogP contribution >= 0.6 is 35.3 Å². The van der Waals surface area contributed by atoms with Crippen LogP contribution in [0.5, 0.6) is 0 Å². The predicted molar refractivity (Wildman–Crippen MR) is 143 cm³/mol. The Labute approximate surface area is 227 Å². The molecule has 204 valence electrons. The van der Waals surface area contributed by atoms with E-state index < -0.39 is 0 Å². The van der Waals surface area contributed by atoms with E-state index in [1.807, 2.05) is 20.8 Å². The van der Waals surface area contributed by atoms with Gasteiger partial charge >= 0.3 is 17.9 Å². The van der Waals surface area contributed by atoms with Crippen molar-refractivity contribution in [2.24, 2.45) is 0 Å². The first-order chi connectivity index (χ1) is 17.5. The molecule has 1 heterocycles. The van der Waals surface area contributed by atoms with E-state index in [0.717, 1.165) is 38.5 Å². The standard InChI is InChI=1S/C24H39N3O6S3/c1-4-7-13-31-19(28)10-16-34-22-25-23(35-17-11-20(29)32-14-8-5-2)27-24(26-22)36-18-12-21(30)33-15-9-6-3/h4-18H2,1-3H3. The number of carbonyl (C=O) groups excluding carboxylic acids is 3. The van der Waals surface area contributed by atoms with Crippen LogP contribution in [-0.2, 0) is 28.6 Å². The molecular formula is C24H39N3O6S3. The van der Waals surface area contributed by atoms with Gasteiger partial charge in [0.1, 0.15) is 0 Å². The first-order valence-corrected chi connectivity index (χ1v) is 15.5. The highest BCUT2D eigenvalue weighted by Gasteiger charge is 2.12. The van der Waals surface area contributed by atoms with Gasteiger partial charge in [-0.3, -0.25) is 14.4 Å². The van der Waals surface area contributed by atoms with Gasteiger partial charge in [0.25, 0.3) is 0 Å². The van der Waals surface area contributed by atoms with Crippen molar-refractivity contribution in [3.63, 3.8) is 0 Å². The molecule has 0 unspecified atom stereocenters. The number of esters is 3. The van der Waals surface area contributed by atoms with E-state index in [4.69, 9.17) is 14.2 Å². The van der Waals surface area contributed by atoms with Crippen LogP contribution in [-0.4, -0.2) is 69.9 Å². The van der Waals surface area contributed by atoms with Gasteiger partial charge < -0.3 is 14.2 Å². The van der Waals surface area contributed by atoms with Crippen LogP contribution in [0.4, 0.5) is 0 Å². The van der Waals surface area contributed by atoms with Crippen LogP contribution in [0.2, 0.25) is 0 Å². The molecule has 0 spiro atoms. The molecule has 0 aliphatic carbocycles. The lowest BCUT2D eigenvalue weighted by Gasteiger charge is -2.08. The van der Waals surface area contributed by atoms with E-state index in [0.29, 0.717) is 52.5 Å². The Morgan fingerprint density at radius 1 is 0.556 bits per heavy atom. The number of thioether (sulfide) groups is 3. The smallest absolute Gasteiger partial charge is 0.306 e. The summed E-state index contributed by atoms with van der Waals surface area (Å²) in [6.07, 6.45) is 6.26. The lowest BCUT2D eigenvalue weighted by molar-refractivity contribution is -0.144. The Kier molecular flexibility index (Phi) is 19.5. The van der Waals surface area contributed by atoms with Gasteiger partial charge in [-0.2, -0.15) is 15.0 Å². The highest BCUT2D eigenvalue weighted by Crippen LogP contribution is 2.24. The predicted octanol–water partition coefficient (Wildman–Crippen LogP) is 5.35. The number of hydrogen-bond donors (Lipinski definition) is 0. The fraction of sp³-hybridized carbons (Fsp3) is 0.750. The first-order valence-electron chi connectivity index (χ1n) is 12.6. The molecule has 0 saturated carbocycles. The number of aromatic nitrogens is 3. The summed E-state index contributed by atoms with van der Waals surface area (Å²) < 4.78 is 15.6. The van der Waals surface area contributed by atoms with Crippen molar-refractivity contribution in [2.75, 3.05) is 37.1 Å². The molecule has 0 bridgehead atoms. The quantitative estimate of drug-likeness (QED) is 0.0833. The zero-order chi connectivity index (χ0) is 26.4. The van der Waals surface area contributed by atoms with Crippen molar-refractivity contribution in [2.45, 2.75) is 94.0 Å². The van der Waals surface area contributed by atoms with E-state index in [-0.39, 0.29) is 37.2 Å². The Bertz CT molecular complexity index is 673. The second kappa shape index (κ2) is 21.5. The summed E-state index contributed by atoms with van der Waals surface area (Å²) in [6, 6.07) is 0. The van der Waals surface area contributed by atoms with Gasteiger partial charge in [-0.15, -0.1) is 0 Å². The molecule has 1 aromatic heterocycles. The summed E-state index contributed by atoms with van der Waals surface area (Å²) in [5.74, 6) is 0.733. The molecule has 0 fully saturated rings. The van der Waals surface area contributed by atoms with Gasteiger partial charge in [-0.1, -0.05) is 75.3 Å². The fourth-order valence-electron chi connectivity index (χ4n) is 2.40. The molecule has 0 aliphatic heterocycles. The minimum absolute atomic E-state index is 0.239. The summed E-state index contributed by atoms with van der Waals surface area (Å²) in [7, 11) is 0. The van der Waals surface area contributed by atoms with Gasteiger partial charge in [0.05, 0.1) is 39.1 Å². The molecule has 0 saturated heterocycles. The number of rotatable bonds is 21. The van der Waals surface area contributed by atoms with E-state index in [9.17, 15) is 14.4 Å². The van der Waals surface area contributed by atoms with Crippen molar-refractivity contribution in [1.29, 1.82) is 0 Å². The first kappa shape index (κ1) is 32.5. The number of unbranched alkanes of at least 4 members (excludes halogenated alkanes) is 3. The average Bonchev–Trinajstić information content (AvgIpc) is 2.84. The molecule has 0 aromatic carbocycles. The van der Waals surface area contributed by atoms with Crippen LogP contribution in [0.3, 0.4) is 0 Å². The number of nitrogens with zero attached hydrogens (tertiary/aromatic N) is 3. The molecule has 9 nitrogen and oxygen atoms in total. The minimum atomic E-state index is -0.239. The third kappa shape index (κ3) is 17.0. The third-order valence-electron chi connectivity index (χ3n) is 4.47. The van der Waals surface area contributed by atoms with Gasteiger partial charge in [-0.05, 0) is 19.3 Å². The topological polar surface area (TPSA) is 118 Å². The summed E-state index contributed by atoms with van der Waals surface area (Å²) in [6.45, 7) is 7.45. The summed E-state index contributed by atoms with van der Waals surface area (Å²) in [5.41, 5.74) is 0.